The van der Waals surface area contributed by atoms with Gasteiger partial charge in [-0.15, -0.1) is 0 Å². The van der Waals surface area contributed by atoms with E-state index < -0.39 is 6.81 Å². The van der Waals surface area contributed by atoms with Crippen molar-refractivity contribution in [3.05, 3.63) is 38.0 Å². The Labute approximate surface area is 73.7 Å². The Balaban J connectivity index is 4.09. The first-order valence-electron chi connectivity index (χ1n) is 4.01. The van der Waals surface area contributed by atoms with Gasteiger partial charge in [-0.05, 0) is 0 Å². The first kappa shape index (κ1) is 10.9. The van der Waals surface area contributed by atoms with Gasteiger partial charge in [-0.1, -0.05) is 0 Å². The molecule has 0 heterocycles. The number of hydrogen-bond donors (Lipinski definition) is 0. The maximum atomic E-state index is 3.80. The molecule has 0 radical (unpaired) electrons. The Morgan fingerprint density at radius 2 is 1.18 bits per heavy atom. The van der Waals surface area contributed by atoms with Crippen molar-refractivity contribution in [3.8, 4) is 0 Å². The van der Waals surface area contributed by atoms with Crippen LogP contribution in [-0.4, -0.2) is 28.4 Å². The molecule has 0 fully saturated rings. The third kappa shape index (κ3) is 4.34. The summed E-state index contributed by atoms with van der Waals surface area (Å²) in [4.78, 5) is 0. The normalized spacial score (nSPS) is 12.4. The van der Waals surface area contributed by atoms with Crippen molar-refractivity contribution in [2.75, 3.05) is 18.5 Å². The van der Waals surface area contributed by atoms with Gasteiger partial charge in [0.1, 0.15) is 0 Å². The average Bonchev–Trinajstić information content (AvgIpc) is 1.88. The predicted octanol–water partition coefficient (Wildman–Crippen LogP) is 1.57. The molecule has 0 aromatic heterocycles. The molecule has 0 N–H and O–H groups in total. The summed E-state index contributed by atoms with van der Waals surface area (Å²) in [5, 5.41) is 0. The Kier molecular flexibility index (Phi) is 5.44. The molecule has 0 aromatic rings. The number of allylic oxidation sites excluding steroid dienone is 3. The summed E-state index contributed by atoms with van der Waals surface area (Å²) in [6.45, 7) is 10.4. The Hall–Kier alpha value is -0.133. The van der Waals surface area contributed by atoms with Crippen LogP contribution in [0.4, 0.5) is 0 Å². The molecule has 0 atom stereocenters. The van der Waals surface area contributed by atoms with E-state index in [2.05, 4.69) is 38.0 Å². The molecule has 0 bridgehead atoms. The summed E-state index contributed by atoms with van der Waals surface area (Å²) < 4.78 is 0. The van der Waals surface area contributed by atoms with Crippen LogP contribution in [0.25, 0.3) is 0 Å². The van der Waals surface area contributed by atoms with E-state index in [1.54, 1.807) is 0 Å². The van der Waals surface area contributed by atoms with Crippen LogP contribution in [0.5, 0.6) is 0 Å². The molecular formula is C9H19PSi. The van der Waals surface area contributed by atoms with Crippen molar-refractivity contribution in [3.63, 3.8) is 0 Å². The Morgan fingerprint density at radius 1 is 0.909 bits per heavy atom. The summed E-state index contributed by atoms with van der Waals surface area (Å²) in [6.07, 6.45) is 9.89. The molecule has 0 rings (SSSR count). The molecular weight excluding hydrogens is 167 g/mol. The quantitative estimate of drug-likeness (QED) is 0.335. The van der Waals surface area contributed by atoms with Crippen molar-refractivity contribution in [1.29, 1.82) is 0 Å². The standard InChI is InChI=1S/C9H19PSi/c1-4-7-10(11,8-5-2)9-6-3/h4-6,10H,1-3,7-9H2,11H3. The van der Waals surface area contributed by atoms with Gasteiger partial charge in [-0.2, -0.15) is 0 Å². The molecule has 2 heteroatoms. The SMILES string of the molecule is C=CC[PH]([SiH3])(CC=C)CC=C. The van der Waals surface area contributed by atoms with Crippen LogP contribution in [0.15, 0.2) is 38.0 Å². The molecule has 64 valence electrons. The predicted molar refractivity (Wildman–Crippen MR) is 63.4 cm³/mol. The second-order valence-electron chi connectivity index (χ2n) is 3.29. The average molecular weight is 186 g/mol. The van der Waals surface area contributed by atoms with E-state index in [-0.39, 0.29) is 0 Å². The van der Waals surface area contributed by atoms with Crippen LogP contribution < -0.4 is 0 Å². The van der Waals surface area contributed by atoms with Gasteiger partial charge in [0.2, 0.25) is 0 Å². The van der Waals surface area contributed by atoms with Gasteiger partial charge in [0.25, 0.3) is 0 Å². The zero-order valence-corrected chi connectivity index (χ0v) is 10.5. The van der Waals surface area contributed by atoms with E-state index in [0.717, 1.165) is 0 Å². The second-order valence-corrected chi connectivity index (χ2v) is 14.5. The molecule has 0 aromatic carbocycles. The Bertz CT molecular complexity index is 125. The molecule has 0 spiro atoms. The molecule has 0 amide bonds. The van der Waals surface area contributed by atoms with Crippen LogP contribution in [0.3, 0.4) is 0 Å². The zero-order chi connectivity index (χ0) is 8.74. The van der Waals surface area contributed by atoms with E-state index in [1.165, 1.54) is 28.4 Å². The van der Waals surface area contributed by atoms with E-state index in [1.807, 2.05) is 0 Å². The molecule has 0 aliphatic heterocycles. The van der Waals surface area contributed by atoms with Crippen LogP contribution in [0.2, 0.25) is 0 Å². The fourth-order valence-corrected chi connectivity index (χ4v) is 6.48. The topological polar surface area (TPSA) is 0 Å². The van der Waals surface area contributed by atoms with Crippen molar-refractivity contribution in [1.82, 2.24) is 0 Å². The van der Waals surface area contributed by atoms with Crippen molar-refractivity contribution in [2.45, 2.75) is 0 Å². The van der Waals surface area contributed by atoms with Gasteiger partial charge in [0.05, 0.1) is 0 Å². The summed E-state index contributed by atoms with van der Waals surface area (Å²) >= 11 is 0. The molecule has 0 nitrogen and oxygen atoms in total. The van der Waals surface area contributed by atoms with E-state index in [9.17, 15) is 0 Å². The first-order chi connectivity index (χ1) is 5.18. The summed E-state index contributed by atoms with van der Waals surface area (Å²) in [7, 11) is 1.32. The third-order valence-electron chi connectivity index (χ3n) is 1.91. The number of hydrogen-bond acceptors (Lipinski definition) is 0. The van der Waals surface area contributed by atoms with Gasteiger partial charge >= 0.3 is 73.2 Å². The molecule has 0 aliphatic rings. The molecule has 0 saturated carbocycles. The number of rotatable bonds is 6. The minimum atomic E-state index is -0.965. The zero-order valence-electron chi connectivity index (χ0n) is 7.47. The van der Waals surface area contributed by atoms with Gasteiger partial charge in [0, 0.05) is 0 Å². The molecule has 0 unspecified atom stereocenters. The van der Waals surface area contributed by atoms with Crippen LogP contribution in [-0.2, 0) is 0 Å². The third-order valence-corrected chi connectivity index (χ3v) is 9.41. The summed E-state index contributed by atoms with van der Waals surface area (Å²) in [5.74, 6) is 0. The summed E-state index contributed by atoms with van der Waals surface area (Å²) in [6, 6.07) is 0. The van der Waals surface area contributed by atoms with Crippen molar-refractivity contribution < 1.29 is 0 Å². The monoisotopic (exact) mass is 186 g/mol. The van der Waals surface area contributed by atoms with E-state index >= 15 is 0 Å². The van der Waals surface area contributed by atoms with Crippen LogP contribution >= 0.6 is 6.81 Å². The van der Waals surface area contributed by atoms with Crippen LogP contribution in [0.1, 0.15) is 0 Å². The van der Waals surface area contributed by atoms with Crippen molar-refractivity contribution >= 4 is 16.7 Å². The maximum absolute atomic E-state index is 3.80. The minimum absolute atomic E-state index is 0.965. The fraction of sp³-hybridized carbons (Fsp3) is 0.333. The molecule has 0 aliphatic carbocycles. The fourth-order valence-electron chi connectivity index (χ4n) is 1.30. The van der Waals surface area contributed by atoms with Gasteiger partial charge in [-0.25, -0.2) is 0 Å². The van der Waals surface area contributed by atoms with Crippen LogP contribution in [0, 0.1) is 0 Å². The van der Waals surface area contributed by atoms with Gasteiger partial charge in [-0.3, -0.25) is 0 Å². The van der Waals surface area contributed by atoms with Gasteiger partial charge < -0.3 is 0 Å². The second kappa shape index (κ2) is 5.51. The van der Waals surface area contributed by atoms with Crippen molar-refractivity contribution in [2.24, 2.45) is 0 Å². The Morgan fingerprint density at radius 3 is 1.36 bits per heavy atom. The van der Waals surface area contributed by atoms with E-state index in [4.69, 9.17) is 0 Å². The first-order valence-corrected chi connectivity index (χ1v) is 10.1. The molecule has 11 heavy (non-hydrogen) atoms. The van der Waals surface area contributed by atoms with Gasteiger partial charge in [0.15, 0.2) is 0 Å². The van der Waals surface area contributed by atoms with E-state index in [0.29, 0.717) is 0 Å². The molecule has 0 saturated heterocycles. The summed E-state index contributed by atoms with van der Waals surface area (Å²) in [5.41, 5.74) is 0.